The smallest absolute Gasteiger partial charge is 0.345 e. The van der Waals surface area contributed by atoms with Crippen LogP contribution in [0, 0.1) is 5.92 Å². The SMILES string of the molecule is CCCC(CCC(C)C)c1cc(NCC(F)(F)F)on1. The van der Waals surface area contributed by atoms with Gasteiger partial charge in [-0.25, -0.2) is 0 Å². The van der Waals surface area contributed by atoms with E-state index in [4.69, 9.17) is 4.52 Å². The van der Waals surface area contributed by atoms with Gasteiger partial charge < -0.3 is 9.84 Å². The second-order valence-electron chi connectivity index (χ2n) is 5.54. The van der Waals surface area contributed by atoms with Gasteiger partial charge in [0.2, 0.25) is 5.88 Å². The predicted octanol–water partition coefficient (Wildman–Crippen LogP) is 4.97. The van der Waals surface area contributed by atoms with E-state index in [0.29, 0.717) is 5.92 Å². The van der Waals surface area contributed by atoms with Crippen molar-refractivity contribution in [2.45, 2.75) is 58.5 Å². The van der Waals surface area contributed by atoms with Gasteiger partial charge in [0.25, 0.3) is 0 Å². The maximum Gasteiger partial charge on any atom is 0.405 e. The third-order valence-corrected chi connectivity index (χ3v) is 3.14. The molecule has 0 radical (unpaired) electrons. The Balaban J connectivity index is 2.61. The fourth-order valence-electron chi connectivity index (χ4n) is 2.08. The Bertz CT molecular complexity index is 388. The molecule has 0 saturated heterocycles. The molecule has 0 aliphatic heterocycles. The molecule has 1 atom stereocenters. The molecule has 1 unspecified atom stereocenters. The van der Waals surface area contributed by atoms with E-state index in [9.17, 15) is 13.2 Å². The summed E-state index contributed by atoms with van der Waals surface area (Å²) in [6, 6.07) is 1.59. The summed E-state index contributed by atoms with van der Waals surface area (Å²) in [6.45, 7) is 5.29. The molecule has 116 valence electrons. The van der Waals surface area contributed by atoms with E-state index in [0.717, 1.165) is 31.4 Å². The molecule has 0 spiro atoms. The van der Waals surface area contributed by atoms with Crippen molar-refractivity contribution in [3.63, 3.8) is 0 Å². The van der Waals surface area contributed by atoms with Gasteiger partial charge in [0.1, 0.15) is 6.54 Å². The maximum atomic E-state index is 12.1. The van der Waals surface area contributed by atoms with Gasteiger partial charge in [0, 0.05) is 12.0 Å². The van der Waals surface area contributed by atoms with E-state index in [1.807, 2.05) is 0 Å². The fraction of sp³-hybridized carbons (Fsp3) is 0.786. The van der Waals surface area contributed by atoms with Crippen LogP contribution in [0.1, 0.15) is 58.1 Å². The minimum atomic E-state index is -4.26. The summed E-state index contributed by atoms with van der Waals surface area (Å²) in [5, 5.41) is 6.12. The van der Waals surface area contributed by atoms with Crippen LogP contribution >= 0.6 is 0 Å². The molecule has 0 bridgehead atoms. The summed E-state index contributed by atoms with van der Waals surface area (Å²) in [5.74, 6) is 0.944. The molecule has 0 aromatic carbocycles. The van der Waals surface area contributed by atoms with E-state index in [1.54, 1.807) is 6.07 Å². The Morgan fingerprint density at radius 1 is 1.25 bits per heavy atom. The zero-order valence-electron chi connectivity index (χ0n) is 12.3. The third-order valence-electron chi connectivity index (χ3n) is 3.14. The average Bonchev–Trinajstić information content (AvgIpc) is 2.79. The van der Waals surface area contributed by atoms with Gasteiger partial charge >= 0.3 is 6.18 Å². The maximum absolute atomic E-state index is 12.1. The summed E-state index contributed by atoms with van der Waals surface area (Å²) in [7, 11) is 0. The van der Waals surface area contributed by atoms with Crippen LogP contribution in [0.25, 0.3) is 0 Å². The molecular weight excluding hydrogens is 269 g/mol. The standard InChI is InChI=1S/C14H23F3N2O/c1-4-5-11(7-6-10(2)3)12-8-13(20-19-12)18-9-14(15,16)17/h8,10-11,18H,4-7,9H2,1-3H3. The zero-order valence-corrected chi connectivity index (χ0v) is 12.3. The molecule has 1 N–H and O–H groups in total. The summed E-state index contributed by atoms with van der Waals surface area (Å²) in [4.78, 5) is 0. The molecule has 0 fully saturated rings. The molecule has 1 aromatic heterocycles. The second-order valence-corrected chi connectivity index (χ2v) is 5.54. The number of rotatable bonds is 8. The molecule has 0 aliphatic carbocycles. The number of anilines is 1. The number of alkyl halides is 3. The Hall–Kier alpha value is -1.20. The quantitative estimate of drug-likeness (QED) is 0.735. The lowest BCUT2D eigenvalue weighted by atomic mass is 9.91. The first-order chi connectivity index (χ1) is 9.31. The molecule has 0 saturated carbocycles. The summed E-state index contributed by atoms with van der Waals surface area (Å²) < 4.78 is 41.3. The van der Waals surface area contributed by atoms with Crippen LogP contribution in [-0.4, -0.2) is 17.9 Å². The monoisotopic (exact) mass is 292 g/mol. The van der Waals surface area contributed by atoms with Crippen LogP contribution in [0.5, 0.6) is 0 Å². The summed E-state index contributed by atoms with van der Waals surface area (Å²) in [6.07, 6.45) is -0.216. The number of aromatic nitrogens is 1. The summed E-state index contributed by atoms with van der Waals surface area (Å²) >= 11 is 0. The second kappa shape index (κ2) is 7.55. The molecule has 20 heavy (non-hydrogen) atoms. The first-order valence-corrected chi connectivity index (χ1v) is 7.09. The van der Waals surface area contributed by atoms with Crippen molar-refractivity contribution in [3.8, 4) is 0 Å². The largest absolute Gasteiger partial charge is 0.405 e. The van der Waals surface area contributed by atoms with Crippen LogP contribution < -0.4 is 5.32 Å². The lowest BCUT2D eigenvalue weighted by molar-refractivity contribution is -0.115. The molecule has 3 nitrogen and oxygen atoms in total. The normalized spacial score (nSPS) is 13.8. The first-order valence-electron chi connectivity index (χ1n) is 7.09. The van der Waals surface area contributed by atoms with Crippen molar-refractivity contribution in [2.24, 2.45) is 5.92 Å². The van der Waals surface area contributed by atoms with Crippen LogP contribution in [0.15, 0.2) is 10.6 Å². The summed E-state index contributed by atoms with van der Waals surface area (Å²) in [5.41, 5.74) is 0.747. The highest BCUT2D eigenvalue weighted by atomic mass is 19.4. The van der Waals surface area contributed by atoms with Crippen LogP contribution in [0.4, 0.5) is 19.1 Å². The van der Waals surface area contributed by atoms with Crippen molar-refractivity contribution in [1.82, 2.24) is 5.16 Å². The number of hydrogen-bond acceptors (Lipinski definition) is 3. The van der Waals surface area contributed by atoms with Crippen LogP contribution in [0.2, 0.25) is 0 Å². The molecule has 1 heterocycles. The molecule has 1 rings (SSSR count). The van der Waals surface area contributed by atoms with Gasteiger partial charge in [0.05, 0.1) is 5.69 Å². The number of nitrogens with one attached hydrogen (secondary N) is 1. The van der Waals surface area contributed by atoms with Gasteiger partial charge in [-0.2, -0.15) is 13.2 Å². The molecule has 1 aromatic rings. The predicted molar refractivity (Wildman–Crippen MR) is 72.8 cm³/mol. The van der Waals surface area contributed by atoms with Gasteiger partial charge in [-0.05, 0) is 18.8 Å². The molecular formula is C14H23F3N2O. The van der Waals surface area contributed by atoms with E-state index >= 15 is 0 Å². The average molecular weight is 292 g/mol. The Kier molecular flexibility index (Phi) is 6.36. The van der Waals surface area contributed by atoms with E-state index in [1.165, 1.54) is 0 Å². The molecule has 0 amide bonds. The number of hydrogen-bond donors (Lipinski definition) is 1. The van der Waals surface area contributed by atoms with Crippen LogP contribution in [-0.2, 0) is 0 Å². The Labute approximate surface area is 117 Å². The zero-order chi connectivity index (χ0) is 15.2. The van der Waals surface area contributed by atoms with Crippen molar-refractivity contribution < 1.29 is 17.7 Å². The minimum absolute atomic E-state index is 0.0861. The van der Waals surface area contributed by atoms with E-state index < -0.39 is 12.7 Å². The fourth-order valence-corrected chi connectivity index (χ4v) is 2.08. The highest BCUT2D eigenvalue weighted by molar-refractivity contribution is 5.33. The van der Waals surface area contributed by atoms with Crippen molar-refractivity contribution in [3.05, 3.63) is 11.8 Å². The number of nitrogens with zero attached hydrogens (tertiary/aromatic N) is 1. The highest BCUT2D eigenvalue weighted by Gasteiger charge is 2.27. The van der Waals surface area contributed by atoms with Gasteiger partial charge in [-0.15, -0.1) is 0 Å². The lowest BCUT2D eigenvalue weighted by Crippen LogP contribution is -2.20. The number of halogens is 3. The topological polar surface area (TPSA) is 38.1 Å². The molecule has 6 heteroatoms. The Morgan fingerprint density at radius 3 is 2.50 bits per heavy atom. The third kappa shape index (κ3) is 6.30. The van der Waals surface area contributed by atoms with Gasteiger partial charge in [-0.1, -0.05) is 38.8 Å². The van der Waals surface area contributed by atoms with Gasteiger partial charge in [0.15, 0.2) is 0 Å². The van der Waals surface area contributed by atoms with Crippen LogP contribution in [0.3, 0.4) is 0 Å². The highest BCUT2D eigenvalue weighted by Crippen LogP contribution is 2.29. The Morgan fingerprint density at radius 2 is 1.95 bits per heavy atom. The van der Waals surface area contributed by atoms with Crippen molar-refractivity contribution in [1.29, 1.82) is 0 Å². The van der Waals surface area contributed by atoms with Crippen molar-refractivity contribution >= 4 is 5.88 Å². The van der Waals surface area contributed by atoms with Gasteiger partial charge in [-0.3, -0.25) is 0 Å². The first kappa shape index (κ1) is 16.9. The lowest BCUT2D eigenvalue weighted by Gasteiger charge is -2.14. The van der Waals surface area contributed by atoms with E-state index in [-0.39, 0.29) is 11.8 Å². The van der Waals surface area contributed by atoms with Crippen molar-refractivity contribution in [2.75, 3.05) is 11.9 Å². The van der Waals surface area contributed by atoms with E-state index in [2.05, 4.69) is 31.2 Å². The molecule has 0 aliphatic rings. The minimum Gasteiger partial charge on any atom is -0.345 e.